The predicted octanol–water partition coefficient (Wildman–Crippen LogP) is 3.69. The number of halogens is 2. The lowest BCUT2D eigenvalue weighted by Crippen LogP contribution is -2.41. The van der Waals surface area contributed by atoms with Crippen molar-refractivity contribution in [2.75, 3.05) is 21.3 Å². The molecule has 1 aliphatic rings. The number of nitrogens with one attached hydrogen (secondary N) is 2. The molecule has 2 rings (SSSR count). The van der Waals surface area contributed by atoms with Gasteiger partial charge in [0.05, 0.1) is 14.2 Å². The fourth-order valence-electron chi connectivity index (χ4n) is 2.67. The molecule has 0 spiro atoms. The van der Waals surface area contributed by atoms with E-state index >= 15 is 0 Å². The third-order valence-corrected chi connectivity index (χ3v) is 4.66. The van der Waals surface area contributed by atoms with Gasteiger partial charge in [-0.3, -0.25) is 4.99 Å². The van der Waals surface area contributed by atoms with Gasteiger partial charge in [-0.25, -0.2) is 0 Å². The van der Waals surface area contributed by atoms with Crippen molar-refractivity contribution in [3.8, 4) is 11.5 Å². The molecule has 0 aliphatic heterocycles. The molecular formula is C16H25BrIN3O2. The summed E-state index contributed by atoms with van der Waals surface area (Å²) in [7, 11) is 5.08. The second-order valence-electron chi connectivity index (χ2n) is 5.35. The van der Waals surface area contributed by atoms with Crippen molar-refractivity contribution in [2.45, 2.75) is 38.3 Å². The zero-order valence-electron chi connectivity index (χ0n) is 13.8. The highest BCUT2D eigenvalue weighted by molar-refractivity contribution is 14.0. The highest BCUT2D eigenvalue weighted by Gasteiger charge is 2.16. The van der Waals surface area contributed by atoms with E-state index in [-0.39, 0.29) is 24.0 Å². The van der Waals surface area contributed by atoms with Crippen LogP contribution in [-0.4, -0.2) is 33.3 Å². The molecule has 2 N–H and O–H groups in total. The number of benzene rings is 1. The first-order chi connectivity index (χ1) is 10.7. The summed E-state index contributed by atoms with van der Waals surface area (Å²) in [5.74, 6) is 2.28. The standard InChI is InChI=1S/C16H24BrN3O2.HI/c1-18-16(20-12-6-4-5-7-12)19-10-11-8-14(21-2)15(22-3)9-13(11)17;/h8-9,12H,4-7,10H2,1-3H3,(H2,18,19,20);1H. The van der Waals surface area contributed by atoms with Crippen molar-refractivity contribution in [2.24, 2.45) is 4.99 Å². The normalized spacial score (nSPS) is 15.0. The van der Waals surface area contributed by atoms with Crippen LogP contribution in [0.1, 0.15) is 31.2 Å². The largest absolute Gasteiger partial charge is 0.493 e. The van der Waals surface area contributed by atoms with Crippen LogP contribution in [0.15, 0.2) is 21.6 Å². The third kappa shape index (κ3) is 5.70. The Morgan fingerprint density at radius 2 is 1.83 bits per heavy atom. The average Bonchev–Trinajstić information content (AvgIpc) is 3.04. The smallest absolute Gasteiger partial charge is 0.191 e. The molecule has 1 aromatic rings. The Balaban J connectivity index is 0.00000264. The van der Waals surface area contributed by atoms with E-state index in [4.69, 9.17) is 9.47 Å². The van der Waals surface area contributed by atoms with Gasteiger partial charge in [-0.15, -0.1) is 24.0 Å². The van der Waals surface area contributed by atoms with Crippen LogP contribution >= 0.6 is 39.9 Å². The Labute approximate surface area is 163 Å². The maximum Gasteiger partial charge on any atom is 0.191 e. The van der Waals surface area contributed by atoms with Gasteiger partial charge in [0, 0.05) is 24.1 Å². The van der Waals surface area contributed by atoms with Gasteiger partial charge in [0.1, 0.15) is 0 Å². The summed E-state index contributed by atoms with van der Waals surface area (Å²) in [5.41, 5.74) is 1.09. The van der Waals surface area contributed by atoms with Crippen LogP contribution in [0.3, 0.4) is 0 Å². The lowest BCUT2D eigenvalue weighted by molar-refractivity contribution is 0.354. The van der Waals surface area contributed by atoms with Crippen molar-refractivity contribution in [1.29, 1.82) is 0 Å². The molecule has 0 aromatic heterocycles. The van der Waals surface area contributed by atoms with E-state index < -0.39 is 0 Å². The number of aliphatic imine (C=N–C) groups is 1. The second-order valence-corrected chi connectivity index (χ2v) is 6.20. The summed E-state index contributed by atoms with van der Waals surface area (Å²) in [6.07, 6.45) is 5.05. The second kappa shape index (κ2) is 10.2. The van der Waals surface area contributed by atoms with Gasteiger partial charge in [-0.05, 0) is 30.5 Å². The van der Waals surface area contributed by atoms with E-state index in [1.165, 1.54) is 25.7 Å². The third-order valence-electron chi connectivity index (χ3n) is 3.92. The zero-order chi connectivity index (χ0) is 15.9. The molecule has 0 saturated heterocycles. The Morgan fingerprint density at radius 1 is 1.22 bits per heavy atom. The number of hydrogen-bond donors (Lipinski definition) is 2. The maximum absolute atomic E-state index is 5.35. The van der Waals surface area contributed by atoms with E-state index in [2.05, 4.69) is 31.6 Å². The Morgan fingerprint density at radius 3 is 2.39 bits per heavy atom. The maximum atomic E-state index is 5.35. The summed E-state index contributed by atoms with van der Waals surface area (Å²) in [5, 5.41) is 6.83. The summed E-state index contributed by atoms with van der Waals surface area (Å²) in [6.45, 7) is 0.660. The zero-order valence-corrected chi connectivity index (χ0v) is 17.7. The van der Waals surface area contributed by atoms with Gasteiger partial charge in [0.25, 0.3) is 0 Å². The van der Waals surface area contributed by atoms with Gasteiger partial charge in [0.2, 0.25) is 0 Å². The van der Waals surface area contributed by atoms with Crippen LogP contribution in [0.2, 0.25) is 0 Å². The molecule has 23 heavy (non-hydrogen) atoms. The first-order valence-corrected chi connectivity index (χ1v) is 8.34. The molecule has 0 amide bonds. The van der Waals surface area contributed by atoms with Crippen LogP contribution in [0.4, 0.5) is 0 Å². The Kier molecular flexibility index (Phi) is 9.04. The van der Waals surface area contributed by atoms with E-state index in [0.29, 0.717) is 18.3 Å². The van der Waals surface area contributed by atoms with Crippen LogP contribution < -0.4 is 20.1 Å². The van der Waals surface area contributed by atoms with Crippen molar-refractivity contribution in [1.82, 2.24) is 10.6 Å². The lowest BCUT2D eigenvalue weighted by Gasteiger charge is -2.18. The van der Waals surface area contributed by atoms with Crippen LogP contribution in [-0.2, 0) is 6.54 Å². The highest BCUT2D eigenvalue weighted by atomic mass is 127. The molecule has 0 heterocycles. The SMILES string of the molecule is CN=C(NCc1cc(OC)c(OC)cc1Br)NC1CCCC1.I. The monoisotopic (exact) mass is 497 g/mol. The molecule has 1 saturated carbocycles. The Hall–Kier alpha value is -0.700. The van der Waals surface area contributed by atoms with E-state index in [1.54, 1.807) is 21.3 Å². The fourth-order valence-corrected chi connectivity index (χ4v) is 3.13. The molecule has 7 heteroatoms. The minimum absolute atomic E-state index is 0. The summed E-state index contributed by atoms with van der Waals surface area (Å²) < 4.78 is 11.6. The number of methoxy groups -OCH3 is 2. The summed E-state index contributed by atoms with van der Waals surface area (Å²) in [4.78, 5) is 4.30. The van der Waals surface area contributed by atoms with Crippen molar-refractivity contribution >= 4 is 45.9 Å². The molecule has 0 atom stereocenters. The number of hydrogen-bond acceptors (Lipinski definition) is 3. The lowest BCUT2D eigenvalue weighted by atomic mass is 10.2. The molecule has 130 valence electrons. The average molecular weight is 498 g/mol. The molecule has 1 aromatic carbocycles. The van der Waals surface area contributed by atoms with E-state index in [1.807, 2.05) is 12.1 Å². The first-order valence-electron chi connectivity index (χ1n) is 7.55. The van der Waals surface area contributed by atoms with Crippen LogP contribution in [0, 0.1) is 0 Å². The number of nitrogens with zero attached hydrogens (tertiary/aromatic N) is 1. The van der Waals surface area contributed by atoms with Crippen molar-refractivity contribution in [3.05, 3.63) is 22.2 Å². The number of ether oxygens (including phenoxy) is 2. The van der Waals surface area contributed by atoms with Gasteiger partial charge < -0.3 is 20.1 Å². The van der Waals surface area contributed by atoms with Crippen LogP contribution in [0.25, 0.3) is 0 Å². The minimum atomic E-state index is 0. The van der Waals surface area contributed by atoms with Gasteiger partial charge >= 0.3 is 0 Å². The summed E-state index contributed by atoms with van der Waals surface area (Å²) in [6, 6.07) is 4.43. The molecule has 0 bridgehead atoms. The van der Waals surface area contributed by atoms with E-state index in [0.717, 1.165) is 21.7 Å². The number of guanidine groups is 1. The first kappa shape index (κ1) is 20.3. The van der Waals surface area contributed by atoms with Crippen LogP contribution in [0.5, 0.6) is 11.5 Å². The van der Waals surface area contributed by atoms with Gasteiger partial charge in [-0.2, -0.15) is 0 Å². The molecule has 5 nitrogen and oxygen atoms in total. The minimum Gasteiger partial charge on any atom is -0.493 e. The van der Waals surface area contributed by atoms with Gasteiger partial charge in [0.15, 0.2) is 17.5 Å². The summed E-state index contributed by atoms with van der Waals surface area (Å²) >= 11 is 3.58. The molecule has 0 unspecified atom stereocenters. The molecule has 0 radical (unpaired) electrons. The van der Waals surface area contributed by atoms with Crippen molar-refractivity contribution in [3.63, 3.8) is 0 Å². The van der Waals surface area contributed by atoms with Crippen molar-refractivity contribution < 1.29 is 9.47 Å². The number of rotatable bonds is 5. The molecule has 1 aliphatic carbocycles. The highest BCUT2D eigenvalue weighted by Crippen LogP contribution is 2.33. The quantitative estimate of drug-likeness (QED) is 0.370. The van der Waals surface area contributed by atoms with E-state index in [9.17, 15) is 0 Å². The fraction of sp³-hybridized carbons (Fsp3) is 0.562. The predicted molar refractivity (Wildman–Crippen MR) is 108 cm³/mol. The molecular weight excluding hydrogens is 473 g/mol. The topological polar surface area (TPSA) is 54.9 Å². The molecule has 1 fully saturated rings. The van der Waals surface area contributed by atoms with Gasteiger partial charge in [-0.1, -0.05) is 28.8 Å². The Bertz CT molecular complexity index is 534.